The van der Waals surface area contributed by atoms with E-state index < -0.39 is 11.6 Å². The van der Waals surface area contributed by atoms with Crippen LogP contribution in [0.25, 0.3) is 0 Å². The molecular weight excluding hydrogens is 318 g/mol. The van der Waals surface area contributed by atoms with Crippen LogP contribution in [0.4, 0.5) is 8.78 Å². The third-order valence-corrected chi connectivity index (χ3v) is 3.06. The lowest BCUT2D eigenvalue weighted by atomic mass is 10.1. The molecule has 0 spiro atoms. The molecule has 0 saturated heterocycles. The molecule has 0 aliphatic heterocycles. The van der Waals surface area contributed by atoms with Crippen LogP contribution in [-0.4, -0.2) is 5.78 Å². The van der Waals surface area contributed by atoms with Crippen molar-refractivity contribution in [3.8, 4) is 11.5 Å². The van der Waals surface area contributed by atoms with Crippen LogP contribution in [0.2, 0.25) is 0 Å². The van der Waals surface area contributed by atoms with E-state index in [1.54, 1.807) is 0 Å². The summed E-state index contributed by atoms with van der Waals surface area (Å²) in [5.41, 5.74) is 0.269. The Balaban J connectivity index is 2.28. The molecular formula is C14H9BrF2O2. The first-order chi connectivity index (χ1) is 8.97. The second-order valence-electron chi connectivity index (χ2n) is 3.88. The average molecular weight is 327 g/mol. The molecule has 0 heterocycles. The molecule has 0 atom stereocenters. The number of hydrogen-bond donors (Lipinski definition) is 0. The van der Waals surface area contributed by atoms with E-state index in [-0.39, 0.29) is 21.6 Å². The Labute approximate surface area is 117 Å². The molecule has 2 aromatic rings. The third kappa shape index (κ3) is 3.17. The minimum Gasteiger partial charge on any atom is -0.454 e. The number of benzene rings is 2. The standard InChI is InChI=1S/C14H9BrF2O2/c1-8(18)9-2-5-14(13(17)6-9)19-10-3-4-12(16)11(15)7-10/h2-7H,1H3. The van der Waals surface area contributed by atoms with Crippen molar-refractivity contribution in [1.82, 2.24) is 0 Å². The van der Waals surface area contributed by atoms with Crippen LogP contribution in [-0.2, 0) is 0 Å². The minimum absolute atomic E-state index is 0.0245. The quantitative estimate of drug-likeness (QED) is 0.763. The normalized spacial score (nSPS) is 10.3. The van der Waals surface area contributed by atoms with Crippen molar-refractivity contribution in [3.05, 3.63) is 58.1 Å². The van der Waals surface area contributed by atoms with E-state index in [0.29, 0.717) is 5.75 Å². The van der Waals surface area contributed by atoms with Gasteiger partial charge in [-0.1, -0.05) is 0 Å². The zero-order chi connectivity index (χ0) is 14.0. The maximum absolute atomic E-state index is 13.7. The molecule has 2 aromatic carbocycles. The van der Waals surface area contributed by atoms with Crippen molar-refractivity contribution >= 4 is 21.7 Å². The Morgan fingerprint density at radius 1 is 1.11 bits per heavy atom. The van der Waals surface area contributed by atoms with E-state index in [1.807, 2.05) is 0 Å². The van der Waals surface area contributed by atoms with Gasteiger partial charge in [-0.25, -0.2) is 8.78 Å². The molecule has 0 radical (unpaired) electrons. The van der Waals surface area contributed by atoms with Gasteiger partial charge in [0, 0.05) is 5.56 Å². The first-order valence-corrected chi connectivity index (χ1v) is 6.20. The fourth-order valence-corrected chi connectivity index (χ4v) is 1.83. The van der Waals surface area contributed by atoms with Gasteiger partial charge in [0.25, 0.3) is 0 Å². The summed E-state index contributed by atoms with van der Waals surface area (Å²) in [7, 11) is 0. The number of ether oxygens (including phenoxy) is 1. The summed E-state index contributed by atoms with van der Waals surface area (Å²) >= 11 is 3.02. The monoisotopic (exact) mass is 326 g/mol. The Bertz CT molecular complexity index is 641. The Hall–Kier alpha value is -1.75. The van der Waals surface area contributed by atoms with E-state index in [0.717, 1.165) is 6.07 Å². The second-order valence-corrected chi connectivity index (χ2v) is 4.73. The largest absolute Gasteiger partial charge is 0.454 e. The molecule has 0 fully saturated rings. The lowest BCUT2D eigenvalue weighted by molar-refractivity contribution is 0.101. The summed E-state index contributed by atoms with van der Waals surface area (Å²) in [6.45, 7) is 1.35. The van der Waals surface area contributed by atoms with E-state index in [9.17, 15) is 13.6 Å². The third-order valence-electron chi connectivity index (χ3n) is 2.46. The van der Waals surface area contributed by atoms with Crippen LogP contribution in [0.3, 0.4) is 0 Å². The molecule has 0 amide bonds. The van der Waals surface area contributed by atoms with Crippen LogP contribution in [0.1, 0.15) is 17.3 Å². The fourth-order valence-electron chi connectivity index (χ4n) is 1.47. The van der Waals surface area contributed by atoms with Gasteiger partial charge in [-0.05, 0) is 59.3 Å². The van der Waals surface area contributed by atoms with Crippen molar-refractivity contribution in [2.24, 2.45) is 0 Å². The highest BCUT2D eigenvalue weighted by molar-refractivity contribution is 9.10. The number of carbonyl (C=O) groups excluding carboxylic acids is 1. The molecule has 0 aliphatic carbocycles. The molecule has 0 aliphatic rings. The molecule has 0 unspecified atom stereocenters. The van der Waals surface area contributed by atoms with Crippen molar-refractivity contribution in [1.29, 1.82) is 0 Å². The maximum atomic E-state index is 13.7. The fraction of sp³-hybridized carbons (Fsp3) is 0.0714. The van der Waals surface area contributed by atoms with Crippen LogP contribution < -0.4 is 4.74 Å². The van der Waals surface area contributed by atoms with Gasteiger partial charge < -0.3 is 4.74 Å². The van der Waals surface area contributed by atoms with Crippen LogP contribution in [0.5, 0.6) is 11.5 Å². The number of Topliss-reactive ketones (excluding diaryl/α,β-unsaturated/α-hetero) is 1. The Kier molecular flexibility index (Phi) is 3.95. The van der Waals surface area contributed by atoms with E-state index in [2.05, 4.69) is 15.9 Å². The minimum atomic E-state index is -0.645. The van der Waals surface area contributed by atoms with Crippen molar-refractivity contribution in [3.63, 3.8) is 0 Å². The first-order valence-electron chi connectivity index (χ1n) is 5.41. The molecule has 19 heavy (non-hydrogen) atoms. The van der Waals surface area contributed by atoms with Crippen LogP contribution >= 0.6 is 15.9 Å². The molecule has 2 rings (SSSR count). The van der Waals surface area contributed by atoms with Gasteiger partial charge in [-0.3, -0.25) is 4.79 Å². The van der Waals surface area contributed by atoms with Crippen molar-refractivity contribution in [2.75, 3.05) is 0 Å². The van der Waals surface area contributed by atoms with Crippen molar-refractivity contribution < 1.29 is 18.3 Å². The van der Waals surface area contributed by atoms with Crippen LogP contribution in [0, 0.1) is 11.6 Å². The number of carbonyl (C=O) groups is 1. The van der Waals surface area contributed by atoms with Gasteiger partial charge in [0.1, 0.15) is 11.6 Å². The van der Waals surface area contributed by atoms with Gasteiger partial charge in [0.2, 0.25) is 0 Å². The molecule has 0 N–H and O–H groups in total. The predicted octanol–water partition coefficient (Wildman–Crippen LogP) is 4.72. The number of halogens is 3. The number of rotatable bonds is 3. The van der Waals surface area contributed by atoms with Crippen molar-refractivity contribution in [2.45, 2.75) is 6.92 Å². The lowest BCUT2D eigenvalue weighted by Gasteiger charge is -2.08. The summed E-state index contributed by atoms with van der Waals surface area (Å²) in [6.07, 6.45) is 0. The second kappa shape index (κ2) is 5.48. The van der Waals surface area contributed by atoms with E-state index in [4.69, 9.17) is 4.74 Å². The van der Waals surface area contributed by atoms with Crippen LogP contribution in [0.15, 0.2) is 40.9 Å². The van der Waals surface area contributed by atoms with Gasteiger partial charge in [-0.2, -0.15) is 0 Å². The van der Waals surface area contributed by atoms with E-state index in [1.165, 1.54) is 37.3 Å². The molecule has 0 saturated carbocycles. The SMILES string of the molecule is CC(=O)c1ccc(Oc2ccc(F)c(Br)c2)c(F)c1. The molecule has 0 bridgehead atoms. The predicted molar refractivity (Wildman–Crippen MR) is 70.6 cm³/mol. The van der Waals surface area contributed by atoms with E-state index >= 15 is 0 Å². The highest BCUT2D eigenvalue weighted by Crippen LogP contribution is 2.28. The molecule has 2 nitrogen and oxygen atoms in total. The van der Waals surface area contributed by atoms with Gasteiger partial charge in [-0.15, -0.1) is 0 Å². The summed E-state index contributed by atoms with van der Waals surface area (Å²) < 4.78 is 32.3. The Morgan fingerprint density at radius 2 is 1.84 bits per heavy atom. The first kappa shape index (κ1) is 13.7. The average Bonchev–Trinajstić information content (AvgIpc) is 2.36. The van der Waals surface area contributed by atoms with Gasteiger partial charge >= 0.3 is 0 Å². The highest BCUT2D eigenvalue weighted by atomic mass is 79.9. The molecule has 5 heteroatoms. The summed E-state index contributed by atoms with van der Waals surface area (Å²) in [4.78, 5) is 11.1. The maximum Gasteiger partial charge on any atom is 0.166 e. The smallest absolute Gasteiger partial charge is 0.166 e. The summed E-state index contributed by atoms with van der Waals surface area (Å²) in [5, 5.41) is 0. The Morgan fingerprint density at radius 3 is 2.42 bits per heavy atom. The molecule has 0 aromatic heterocycles. The zero-order valence-electron chi connectivity index (χ0n) is 9.91. The number of ketones is 1. The van der Waals surface area contributed by atoms with Gasteiger partial charge in [0.05, 0.1) is 4.47 Å². The summed E-state index contributed by atoms with van der Waals surface area (Å²) in [5.74, 6) is -1.03. The highest BCUT2D eigenvalue weighted by Gasteiger charge is 2.09. The zero-order valence-corrected chi connectivity index (χ0v) is 11.5. The lowest BCUT2D eigenvalue weighted by Crippen LogP contribution is -1.95. The summed E-state index contributed by atoms with van der Waals surface area (Å²) in [6, 6.07) is 7.94. The topological polar surface area (TPSA) is 26.3 Å². The van der Waals surface area contributed by atoms with Gasteiger partial charge in [0.15, 0.2) is 17.3 Å². The number of hydrogen-bond acceptors (Lipinski definition) is 2. The molecule has 98 valence electrons.